The topological polar surface area (TPSA) is 67.2 Å². The Balaban J connectivity index is 1.97. The van der Waals surface area contributed by atoms with Crippen LogP contribution in [0.25, 0.3) is 10.9 Å². The number of hydrogen-bond acceptors (Lipinski definition) is 3. The van der Waals surface area contributed by atoms with Gasteiger partial charge in [0, 0.05) is 11.9 Å². The molecular weight excluding hydrogens is 266 g/mol. The number of carboxylic acids is 1. The highest BCUT2D eigenvalue weighted by Crippen LogP contribution is 2.17. The van der Waals surface area contributed by atoms with Crippen molar-refractivity contribution in [3.8, 4) is 0 Å². The van der Waals surface area contributed by atoms with Gasteiger partial charge in [0.15, 0.2) is 0 Å². The Bertz CT molecular complexity index is 608. The quantitative estimate of drug-likeness (QED) is 0.784. The second-order valence-electron chi connectivity index (χ2n) is 5.59. The fraction of sp³-hybridized carbons (Fsp3) is 0.500. The van der Waals surface area contributed by atoms with Crippen molar-refractivity contribution in [2.24, 2.45) is 0 Å². The zero-order chi connectivity index (χ0) is 15.3. The van der Waals surface area contributed by atoms with E-state index in [4.69, 9.17) is 0 Å². The average Bonchev–Trinajstić information content (AvgIpc) is 2.88. The van der Waals surface area contributed by atoms with Gasteiger partial charge in [-0.2, -0.15) is 5.10 Å². The molecule has 0 aliphatic rings. The summed E-state index contributed by atoms with van der Waals surface area (Å²) in [5.74, 6) is -0.790. The molecule has 2 N–H and O–H groups in total. The molecule has 0 saturated heterocycles. The molecule has 114 valence electrons. The van der Waals surface area contributed by atoms with Gasteiger partial charge in [-0.1, -0.05) is 25.1 Å². The summed E-state index contributed by atoms with van der Waals surface area (Å²) in [6.45, 7) is 5.23. The Morgan fingerprint density at radius 1 is 1.43 bits per heavy atom. The maximum Gasteiger partial charge on any atom is 0.323 e. The highest BCUT2D eigenvalue weighted by Gasteiger charge is 2.31. The second kappa shape index (κ2) is 6.72. The Morgan fingerprint density at radius 2 is 2.19 bits per heavy atom. The van der Waals surface area contributed by atoms with Gasteiger partial charge in [0.25, 0.3) is 0 Å². The molecule has 1 aromatic heterocycles. The number of benzene rings is 1. The zero-order valence-electron chi connectivity index (χ0n) is 12.7. The van der Waals surface area contributed by atoms with Gasteiger partial charge in [-0.05, 0) is 38.8 Å². The number of aliphatic carboxylic acids is 1. The molecule has 0 aliphatic carbocycles. The van der Waals surface area contributed by atoms with Crippen molar-refractivity contribution in [3.05, 3.63) is 30.5 Å². The van der Waals surface area contributed by atoms with E-state index in [9.17, 15) is 9.90 Å². The van der Waals surface area contributed by atoms with Crippen molar-refractivity contribution in [3.63, 3.8) is 0 Å². The average molecular weight is 289 g/mol. The monoisotopic (exact) mass is 289 g/mol. The summed E-state index contributed by atoms with van der Waals surface area (Å²) in [7, 11) is 0. The minimum Gasteiger partial charge on any atom is -0.480 e. The first-order valence-corrected chi connectivity index (χ1v) is 7.46. The minimum atomic E-state index is -0.862. The number of para-hydroxylation sites is 1. The van der Waals surface area contributed by atoms with Gasteiger partial charge in [-0.25, -0.2) is 0 Å². The largest absolute Gasteiger partial charge is 0.480 e. The summed E-state index contributed by atoms with van der Waals surface area (Å²) >= 11 is 0. The van der Waals surface area contributed by atoms with E-state index in [1.165, 1.54) is 0 Å². The first-order valence-electron chi connectivity index (χ1n) is 7.46. The van der Waals surface area contributed by atoms with Crippen LogP contribution < -0.4 is 5.32 Å². The van der Waals surface area contributed by atoms with Crippen LogP contribution >= 0.6 is 0 Å². The number of hydrogen-bond donors (Lipinski definition) is 2. The number of nitrogens with one attached hydrogen (secondary N) is 1. The summed E-state index contributed by atoms with van der Waals surface area (Å²) in [6, 6.07) is 8.05. The van der Waals surface area contributed by atoms with Crippen molar-refractivity contribution in [2.45, 2.75) is 45.2 Å². The first-order chi connectivity index (χ1) is 10.1. The van der Waals surface area contributed by atoms with E-state index >= 15 is 0 Å². The molecule has 0 amide bonds. The number of carboxylic acid groups (broad SMARTS) is 1. The molecule has 0 aliphatic heterocycles. The predicted octanol–water partition coefficient (Wildman–Crippen LogP) is 2.66. The van der Waals surface area contributed by atoms with Gasteiger partial charge in [-0.3, -0.25) is 9.48 Å². The summed E-state index contributed by atoms with van der Waals surface area (Å²) in [5.41, 5.74) is 0.231. The van der Waals surface area contributed by atoms with Crippen molar-refractivity contribution in [1.82, 2.24) is 15.1 Å². The van der Waals surface area contributed by atoms with Crippen LogP contribution in [0.2, 0.25) is 0 Å². The fourth-order valence-electron chi connectivity index (χ4n) is 2.46. The maximum absolute atomic E-state index is 11.4. The van der Waals surface area contributed by atoms with Crippen LogP contribution in [0.4, 0.5) is 0 Å². The third kappa shape index (κ3) is 3.61. The molecule has 21 heavy (non-hydrogen) atoms. The summed E-state index contributed by atoms with van der Waals surface area (Å²) < 4.78 is 1.94. The molecule has 5 heteroatoms. The fourth-order valence-corrected chi connectivity index (χ4v) is 2.46. The Kier molecular flexibility index (Phi) is 4.96. The number of rotatable bonds is 8. The highest BCUT2D eigenvalue weighted by molar-refractivity contribution is 5.78. The Morgan fingerprint density at radius 3 is 2.90 bits per heavy atom. The standard InChI is InChI=1S/C16H23N3O2/c1-3-10-17-16(2,15(20)21)9-6-11-19-14-8-5-4-7-13(14)12-18-19/h4-5,7-8,12,17H,3,6,9-11H2,1-2H3,(H,20,21). The minimum absolute atomic E-state index is 0.580. The van der Waals surface area contributed by atoms with Crippen LogP contribution in [-0.2, 0) is 11.3 Å². The van der Waals surface area contributed by atoms with Crippen LogP contribution in [0.15, 0.2) is 30.5 Å². The molecule has 0 bridgehead atoms. The highest BCUT2D eigenvalue weighted by atomic mass is 16.4. The lowest BCUT2D eigenvalue weighted by Crippen LogP contribution is -2.49. The third-order valence-electron chi connectivity index (χ3n) is 3.83. The van der Waals surface area contributed by atoms with E-state index in [0.29, 0.717) is 13.0 Å². The summed E-state index contributed by atoms with van der Waals surface area (Å²) in [4.78, 5) is 11.4. The van der Waals surface area contributed by atoms with Crippen LogP contribution in [0.5, 0.6) is 0 Å². The van der Waals surface area contributed by atoms with Crippen molar-refractivity contribution in [2.75, 3.05) is 6.54 Å². The Labute approximate surface area is 125 Å². The van der Waals surface area contributed by atoms with Crippen LogP contribution in [0, 0.1) is 0 Å². The zero-order valence-corrected chi connectivity index (χ0v) is 12.7. The van der Waals surface area contributed by atoms with E-state index < -0.39 is 11.5 Å². The van der Waals surface area contributed by atoms with E-state index in [1.54, 1.807) is 6.92 Å². The van der Waals surface area contributed by atoms with Crippen molar-refractivity contribution in [1.29, 1.82) is 0 Å². The first kappa shape index (κ1) is 15.5. The van der Waals surface area contributed by atoms with Gasteiger partial charge in [-0.15, -0.1) is 0 Å². The molecule has 0 saturated carbocycles. The molecule has 1 atom stereocenters. The van der Waals surface area contributed by atoms with Gasteiger partial charge in [0.05, 0.1) is 11.7 Å². The molecule has 1 unspecified atom stereocenters. The molecule has 1 heterocycles. The lowest BCUT2D eigenvalue weighted by atomic mass is 9.95. The molecule has 0 spiro atoms. The lowest BCUT2D eigenvalue weighted by molar-refractivity contribution is -0.144. The third-order valence-corrected chi connectivity index (χ3v) is 3.83. The molecule has 5 nitrogen and oxygen atoms in total. The summed E-state index contributed by atoms with van der Waals surface area (Å²) in [5, 5.41) is 18.0. The predicted molar refractivity (Wildman–Crippen MR) is 83.3 cm³/mol. The van der Waals surface area contributed by atoms with Gasteiger partial charge < -0.3 is 10.4 Å². The lowest BCUT2D eigenvalue weighted by Gasteiger charge is -2.26. The Hall–Kier alpha value is -1.88. The van der Waals surface area contributed by atoms with Gasteiger partial charge >= 0.3 is 5.97 Å². The molecule has 0 fully saturated rings. The smallest absolute Gasteiger partial charge is 0.323 e. The van der Waals surface area contributed by atoms with Gasteiger partial charge in [0.2, 0.25) is 0 Å². The number of nitrogens with zero attached hydrogens (tertiary/aromatic N) is 2. The molecule has 2 rings (SSSR count). The second-order valence-corrected chi connectivity index (χ2v) is 5.59. The molecular formula is C16H23N3O2. The SMILES string of the molecule is CCCNC(C)(CCCn1ncc2ccccc21)C(=O)O. The van der Waals surface area contributed by atoms with Crippen molar-refractivity contribution >= 4 is 16.9 Å². The van der Waals surface area contributed by atoms with E-state index in [1.807, 2.05) is 42.1 Å². The maximum atomic E-state index is 11.4. The number of fused-ring (bicyclic) bond motifs is 1. The number of aromatic nitrogens is 2. The van der Waals surface area contributed by atoms with Gasteiger partial charge in [0.1, 0.15) is 5.54 Å². The normalized spacial score (nSPS) is 14.2. The number of aryl methyl sites for hydroxylation is 1. The molecule has 1 aromatic carbocycles. The van der Waals surface area contributed by atoms with E-state index in [-0.39, 0.29) is 0 Å². The summed E-state index contributed by atoms with van der Waals surface area (Å²) in [6.07, 6.45) is 4.12. The van der Waals surface area contributed by atoms with Crippen LogP contribution in [0.3, 0.4) is 0 Å². The van der Waals surface area contributed by atoms with E-state index in [2.05, 4.69) is 10.4 Å². The van der Waals surface area contributed by atoms with Crippen molar-refractivity contribution < 1.29 is 9.90 Å². The van der Waals surface area contributed by atoms with E-state index in [0.717, 1.165) is 30.3 Å². The van der Waals surface area contributed by atoms with Crippen LogP contribution in [0.1, 0.15) is 33.1 Å². The molecule has 2 aromatic rings. The number of carbonyl (C=O) groups is 1. The van der Waals surface area contributed by atoms with Crippen LogP contribution in [-0.4, -0.2) is 32.9 Å². The molecule has 0 radical (unpaired) electrons.